The Labute approximate surface area is 179 Å². The molecule has 3 N–H and O–H groups in total. The van der Waals surface area contributed by atoms with Crippen LogP contribution in [0.25, 0.3) is 21.5 Å². The van der Waals surface area contributed by atoms with Crippen molar-refractivity contribution < 1.29 is 9.90 Å². The fraction of sp³-hybridized carbons (Fsp3) is 0. The summed E-state index contributed by atoms with van der Waals surface area (Å²) >= 11 is 0. The molecule has 4 heteroatoms. The van der Waals surface area contributed by atoms with Crippen LogP contribution in [0.2, 0.25) is 0 Å². The fourth-order valence-electron chi connectivity index (χ4n) is 3.69. The summed E-state index contributed by atoms with van der Waals surface area (Å²) in [4.78, 5) is 12.8. The molecule has 150 valence electrons. The Hall–Kier alpha value is -4.31. The third-order valence-electron chi connectivity index (χ3n) is 5.27. The Morgan fingerprint density at radius 1 is 0.581 bits per heavy atom. The van der Waals surface area contributed by atoms with Gasteiger partial charge in [0.2, 0.25) is 0 Å². The molecule has 0 heterocycles. The molecular weight excluding hydrogens is 384 g/mol. The maximum absolute atomic E-state index is 12.8. The first-order valence-corrected chi connectivity index (χ1v) is 10.0. The molecule has 0 fully saturated rings. The third-order valence-corrected chi connectivity index (χ3v) is 5.27. The number of rotatable bonds is 4. The van der Waals surface area contributed by atoms with E-state index in [-0.39, 0.29) is 17.2 Å². The molecule has 0 saturated heterocycles. The summed E-state index contributed by atoms with van der Waals surface area (Å²) < 4.78 is 0. The van der Waals surface area contributed by atoms with E-state index >= 15 is 0 Å². The average molecular weight is 404 g/mol. The Morgan fingerprint density at radius 2 is 1.13 bits per heavy atom. The van der Waals surface area contributed by atoms with E-state index in [0.29, 0.717) is 5.69 Å². The number of fused-ring (bicyclic) bond motifs is 2. The van der Waals surface area contributed by atoms with Crippen molar-refractivity contribution in [2.24, 2.45) is 0 Å². The predicted octanol–water partition coefficient (Wildman–Crippen LogP) is 6.69. The van der Waals surface area contributed by atoms with Gasteiger partial charge in [0.1, 0.15) is 5.75 Å². The van der Waals surface area contributed by atoms with Crippen molar-refractivity contribution in [1.29, 1.82) is 0 Å². The molecule has 5 aromatic rings. The Bertz CT molecular complexity index is 1390. The standard InChI is InChI=1S/C27H20N2O2/c30-26-17-21-15-19-7-5-4-6-18(19)14-20(21)16-25(26)27(31)29-24-12-10-23(11-13-24)28-22-8-2-1-3-9-22/h1-17,28,30H,(H,29,31). The molecule has 0 spiro atoms. The third kappa shape index (κ3) is 3.91. The number of benzene rings is 5. The summed E-state index contributed by atoms with van der Waals surface area (Å²) in [6.45, 7) is 0. The maximum atomic E-state index is 12.8. The van der Waals surface area contributed by atoms with Crippen LogP contribution in [0.3, 0.4) is 0 Å². The summed E-state index contributed by atoms with van der Waals surface area (Å²) in [5, 5.41) is 20.6. The van der Waals surface area contributed by atoms with E-state index < -0.39 is 0 Å². The lowest BCUT2D eigenvalue weighted by Gasteiger charge is -2.11. The molecule has 0 aromatic heterocycles. The summed E-state index contributed by atoms with van der Waals surface area (Å²) in [5.41, 5.74) is 2.81. The van der Waals surface area contributed by atoms with Gasteiger partial charge < -0.3 is 15.7 Å². The van der Waals surface area contributed by atoms with Crippen LogP contribution in [0.15, 0.2) is 103 Å². The number of nitrogens with one attached hydrogen (secondary N) is 2. The molecule has 5 aromatic carbocycles. The lowest BCUT2D eigenvalue weighted by Crippen LogP contribution is -2.12. The van der Waals surface area contributed by atoms with Gasteiger partial charge in [0.05, 0.1) is 5.56 Å². The predicted molar refractivity (Wildman–Crippen MR) is 127 cm³/mol. The first-order valence-electron chi connectivity index (χ1n) is 10.0. The van der Waals surface area contributed by atoms with Gasteiger partial charge in [0.15, 0.2) is 0 Å². The van der Waals surface area contributed by atoms with E-state index in [9.17, 15) is 9.90 Å². The fourth-order valence-corrected chi connectivity index (χ4v) is 3.69. The summed E-state index contributed by atoms with van der Waals surface area (Å²) in [6, 6.07) is 32.8. The second-order valence-corrected chi connectivity index (χ2v) is 7.44. The highest BCUT2D eigenvalue weighted by atomic mass is 16.3. The van der Waals surface area contributed by atoms with Crippen LogP contribution in [0.4, 0.5) is 17.1 Å². The van der Waals surface area contributed by atoms with Crippen LogP contribution in [-0.2, 0) is 0 Å². The van der Waals surface area contributed by atoms with Gasteiger partial charge in [-0.25, -0.2) is 0 Å². The molecule has 4 nitrogen and oxygen atoms in total. The zero-order chi connectivity index (χ0) is 21.2. The monoisotopic (exact) mass is 404 g/mol. The van der Waals surface area contributed by atoms with Gasteiger partial charge in [0.25, 0.3) is 5.91 Å². The zero-order valence-corrected chi connectivity index (χ0v) is 16.7. The quantitative estimate of drug-likeness (QED) is 0.292. The summed E-state index contributed by atoms with van der Waals surface area (Å²) in [7, 11) is 0. The average Bonchev–Trinajstić information content (AvgIpc) is 2.79. The second-order valence-electron chi connectivity index (χ2n) is 7.44. The molecule has 1 amide bonds. The molecule has 0 aliphatic carbocycles. The van der Waals surface area contributed by atoms with Gasteiger partial charge in [-0.15, -0.1) is 0 Å². The summed E-state index contributed by atoms with van der Waals surface area (Å²) in [6.07, 6.45) is 0. The molecule has 0 aliphatic rings. The number of phenolic OH excluding ortho intramolecular Hbond substituents is 1. The molecular formula is C27H20N2O2. The smallest absolute Gasteiger partial charge is 0.259 e. The highest BCUT2D eigenvalue weighted by molar-refractivity contribution is 6.10. The molecule has 31 heavy (non-hydrogen) atoms. The SMILES string of the molecule is O=C(Nc1ccc(Nc2ccccc2)cc1)c1cc2cc3ccccc3cc2cc1O. The maximum Gasteiger partial charge on any atom is 0.259 e. The van der Waals surface area contributed by atoms with Crippen LogP contribution >= 0.6 is 0 Å². The van der Waals surface area contributed by atoms with E-state index in [2.05, 4.69) is 10.6 Å². The zero-order valence-electron chi connectivity index (χ0n) is 16.7. The second kappa shape index (κ2) is 7.84. The van der Waals surface area contributed by atoms with Crippen LogP contribution in [0.5, 0.6) is 5.75 Å². The van der Waals surface area contributed by atoms with Crippen molar-refractivity contribution in [3.05, 3.63) is 109 Å². The van der Waals surface area contributed by atoms with Crippen LogP contribution in [0.1, 0.15) is 10.4 Å². The van der Waals surface area contributed by atoms with Crippen molar-refractivity contribution >= 4 is 44.5 Å². The van der Waals surface area contributed by atoms with Crippen molar-refractivity contribution in [2.45, 2.75) is 0 Å². The van der Waals surface area contributed by atoms with Gasteiger partial charge in [-0.1, -0.05) is 42.5 Å². The van der Waals surface area contributed by atoms with E-state index in [1.54, 1.807) is 12.1 Å². The van der Waals surface area contributed by atoms with Crippen molar-refractivity contribution in [2.75, 3.05) is 10.6 Å². The normalized spacial score (nSPS) is 10.8. The van der Waals surface area contributed by atoms with E-state index in [1.807, 2.05) is 91.0 Å². The topological polar surface area (TPSA) is 61.4 Å². The van der Waals surface area contributed by atoms with Crippen LogP contribution in [0, 0.1) is 0 Å². The number of hydrogen-bond donors (Lipinski definition) is 3. The molecule has 0 unspecified atom stereocenters. The van der Waals surface area contributed by atoms with E-state index in [0.717, 1.165) is 32.9 Å². The lowest BCUT2D eigenvalue weighted by atomic mass is 10.0. The van der Waals surface area contributed by atoms with Gasteiger partial charge in [-0.3, -0.25) is 4.79 Å². The van der Waals surface area contributed by atoms with E-state index in [1.165, 1.54) is 0 Å². The lowest BCUT2D eigenvalue weighted by molar-refractivity contribution is 0.102. The molecule has 0 aliphatic heterocycles. The number of aromatic hydroxyl groups is 1. The number of phenols is 1. The van der Waals surface area contributed by atoms with Crippen LogP contribution in [-0.4, -0.2) is 11.0 Å². The van der Waals surface area contributed by atoms with Crippen molar-refractivity contribution in [3.63, 3.8) is 0 Å². The van der Waals surface area contributed by atoms with Gasteiger partial charge in [-0.05, 0) is 82.2 Å². The first kappa shape index (κ1) is 18.7. The minimum Gasteiger partial charge on any atom is -0.507 e. The van der Waals surface area contributed by atoms with Crippen LogP contribution < -0.4 is 10.6 Å². The highest BCUT2D eigenvalue weighted by Gasteiger charge is 2.13. The number of amides is 1. The van der Waals surface area contributed by atoms with Gasteiger partial charge in [-0.2, -0.15) is 0 Å². The number of carbonyl (C=O) groups excluding carboxylic acids is 1. The molecule has 0 saturated carbocycles. The Morgan fingerprint density at radius 3 is 1.81 bits per heavy atom. The van der Waals surface area contributed by atoms with E-state index in [4.69, 9.17) is 0 Å². The highest BCUT2D eigenvalue weighted by Crippen LogP contribution is 2.29. The number of anilines is 3. The van der Waals surface area contributed by atoms with Crippen molar-refractivity contribution in [1.82, 2.24) is 0 Å². The number of para-hydroxylation sites is 1. The Kier molecular flexibility index (Phi) is 4.73. The number of carbonyl (C=O) groups is 1. The van der Waals surface area contributed by atoms with Gasteiger partial charge >= 0.3 is 0 Å². The molecule has 0 radical (unpaired) electrons. The van der Waals surface area contributed by atoms with Crippen molar-refractivity contribution in [3.8, 4) is 5.75 Å². The van der Waals surface area contributed by atoms with Gasteiger partial charge in [0, 0.05) is 17.1 Å². The molecule has 0 atom stereocenters. The Balaban J connectivity index is 1.38. The minimum atomic E-state index is -0.351. The summed E-state index contributed by atoms with van der Waals surface area (Å²) in [5.74, 6) is -0.390. The first-order chi connectivity index (χ1) is 15.2. The molecule has 5 rings (SSSR count). The largest absolute Gasteiger partial charge is 0.507 e. The molecule has 0 bridgehead atoms. The number of hydrogen-bond acceptors (Lipinski definition) is 3. The minimum absolute atomic E-state index is 0.0392.